The van der Waals surface area contributed by atoms with Crippen molar-refractivity contribution in [3.8, 4) is 6.07 Å². The molecule has 1 aromatic rings. The molecule has 1 atom stereocenters. The summed E-state index contributed by atoms with van der Waals surface area (Å²) < 4.78 is 12.9. The zero-order valence-corrected chi connectivity index (χ0v) is 9.42. The summed E-state index contributed by atoms with van der Waals surface area (Å²) in [6.07, 6.45) is 0. The number of carboxylic acid groups (broad SMARTS) is 1. The van der Waals surface area contributed by atoms with E-state index in [4.69, 9.17) is 10.4 Å². The third-order valence-corrected chi connectivity index (χ3v) is 3.20. The van der Waals surface area contributed by atoms with Crippen LogP contribution in [0.2, 0.25) is 0 Å². The van der Waals surface area contributed by atoms with Crippen LogP contribution < -0.4 is 0 Å². The molecule has 0 aromatic heterocycles. The Morgan fingerprint density at radius 1 is 1.69 bits per heavy atom. The number of rotatable bonds is 4. The summed E-state index contributed by atoms with van der Waals surface area (Å²) >= 11 is 1.16. The van der Waals surface area contributed by atoms with E-state index in [2.05, 4.69) is 0 Å². The van der Waals surface area contributed by atoms with Crippen molar-refractivity contribution in [1.82, 2.24) is 0 Å². The van der Waals surface area contributed by atoms with Gasteiger partial charge in [-0.2, -0.15) is 5.26 Å². The first-order valence-electron chi connectivity index (χ1n) is 4.57. The molecule has 0 amide bonds. The number of hydrogen-bond acceptors (Lipinski definition) is 3. The molecule has 1 unspecified atom stereocenters. The Labute approximate surface area is 96.9 Å². The molecule has 3 nitrogen and oxygen atoms in total. The van der Waals surface area contributed by atoms with Gasteiger partial charge in [0.05, 0.1) is 16.9 Å². The highest BCUT2D eigenvalue weighted by Gasteiger charge is 2.12. The Balaban J connectivity index is 2.77. The van der Waals surface area contributed by atoms with E-state index >= 15 is 0 Å². The first-order chi connectivity index (χ1) is 7.54. The van der Waals surface area contributed by atoms with Crippen LogP contribution >= 0.6 is 11.8 Å². The van der Waals surface area contributed by atoms with Crippen LogP contribution in [0.15, 0.2) is 18.2 Å². The van der Waals surface area contributed by atoms with Crippen LogP contribution in [-0.2, 0) is 10.5 Å². The molecule has 0 aliphatic rings. The Bertz CT molecular complexity index is 442. The van der Waals surface area contributed by atoms with Crippen molar-refractivity contribution in [2.45, 2.75) is 17.9 Å². The van der Waals surface area contributed by atoms with Gasteiger partial charge in [0, 0.05) is 5.75 Å². The van der Waals surface area contributed by atoms with E-state index in [1.54, 1.807) is 6.92 Å². The SMILES string of the molecule is CC(SCc1cc(F)ccc1C#N)C(=O)O. The molecule has 1 rings (SSSR count). The van der Waals surface area contributed by atoms with Crippen molar-refractivity contribution < 1.29 is 14.3 Å². The lowest BCUT2D eigenvalue weighted by Gasteiger charge is -2.07. The van der Waals surface area contributed by atoms with Gasteiger partial charge in [-0.1, -0.05) is 0 Å². The van der Waals surface area contributed by atoms with E-state index in [0.717, 1.165) is 11.8 Å². The van der Waals surface area contributed by atoms with E-state index in [1.165, 1.54) is 18.2 Å². The number of nitrogens with zero attached hydrogens (tertiary/aromatic N) is 1. The molecule has 0 fully saturated rings. The van der Waals surface area contributed by atoms with Gasteiger partial charge in [-0.05, 0) is 30.7 Å². The van der Waals surface area contributed by atoms with Gasteiger partial charge in [0.25, 0.3) is 0 Å². The molecule has 1 N–H and O–H groups in total. The second-order valence-electron chi connectivity index (χ2n) is 3.20. The molecule has 0 saturated heterocycles. The normalized spacial score (nSPS) is 11.8. The first-order valence-corrected chi connectivity index (χ1v) is 5.62. The Kier molecular flexibility index (Phi) is 4.32. The third kappa shape index (κ3) is 3.24. The summed E-state index contributed by atoms with van der Waals surface area (Å²) in [4.78, 5) is 10.6. The summed E-state index contributed by atoms with van der Waals surface area (Å²) in [5.74, 6) is -1.02. The molecule has 5 heteroatoms. The fourth-order valence-corrected chi connectivity index (χ4v) is 1.89. The van der Waals surface area contributed by atoms with Crippen LogP contribution in [0.5, 0.6) is 0 Å². The van der Waals surface area contributed by atoms with E-state index in [1.807, 2.05) is 6.07 Å². The van der Waals surface area contributed by atoms with Crippen molar-refractivity contribution in [2.24, 2.45) is 0 Å². The second kappa shape index (κ2) is 5.52. The fourth-order valence-electron chi connectivity index (χ4n) is 1.08. The number of carboxylic acids is 1. The minimum absolute atomic E-state index is 0.314. The summed E-state index contributed by atoms with van der Waals surface area (Å²) in [7, 11) is 0. The predicted molar refractivity (Wildman–Crippen MR) is 59.5 cm³/mol. The molecular formula is C11H10FNO2S. The number of carbonyl (C=O) groups is 1. The molecular weight excluding hydrogens is 229 g/mol. The fraction of sp³-hybridized carbons (Fsp3) is 0.273. The van der Waals surface area contributed by atoms with Gasteiger partial charge in [-0.25, -0.2) is 4.39 Å². The molecule has 16 heavy (non-hydrogen) atoms. The van der Waals surface area contributed by atoms with Gasteiger partial charge in [-0.3, -0.25) is 4.79 Å². The lowest BCUT2D eigenvalue weighted by Crippen LogP contribution is -2.11. The third-order valence-electron chi connectivity index (χ3n) is 2.02. The number of aliphatic carboxylic acids is 1. The molecule has 0 bridgehead atoms. The zero-order chi connectivity index (χ0) is 12.1. The molecule has 0 spiro atoms. The van der Waals surface area contributed by atoms with Crippen LogP contribution in [-0.4, -0.2) is 16.3 Å². The molecule has 0 heterocycles. The summed E-state index contributed by atoms with van der Waals surface area (Å²) in [6.45, 7) is 1.55. The standard InChI is InChI=1S/C11H10FNO2S/c1-7(11(14)15)16-6-9-4-10(12)3-2-8(9)5-13/h2-4,7H,6H2,1H3,(H,14,15). The van der Waals surface area contributed by atoms with Gasteiger partial charge >= 0.3 is 5.97 Å². The lowest BCUT2D eigenvalue weighted by atomic mass is 10.1. The minimum atomic E-state index is -0.917. The smallest absolute Gasteiger partial charge is 0.316 e. The second-order valence-corrected chi connectivity index (χ2v) is 4.53. The maximum absolute atomic E-state index is 12.9. The van der Waals surface area contributed by atoms with Crippen molar-refractivity contribution in [3.63, 3.8) is 0 Å². The number of thioether (sulfide) groups is 1. The molecule has 84 valence electrons. The largest absolute Gasteiger partial charge is 0.480 e. The molecule has 0 radical (unpaired) electrons. The maximum atomic E-state index is 12.9. The lowest BCUT2D eigenvalue weighted by molar-refractivity contribution is -0.136. The Morgan fingerprint density at radius 3 is 2.94 bits per heavy atom. The van der Waals surface area contributed by atoms with Crippen LogP contribution in [0.25, 0.3) is 0 Å². The van der Waals surface area contributed by atoms with Crippen LogP contribution in [0, 0.1) is 17.1 Å². The Morgan fingerprint density at radius 2 is 2.38 bits per heavy atom. The zero-order valence-electron chi connectivity index (χ0n) is 8.61. The topological polar surface area (TPSA) is 61.1 Å². The van der Waals surface area contributed by atoms with E-state index in [-0.39, 0.29) is 0 Å². The molecule has 0 aliphatic carbocycles. The van der Waals surface area contributed by atoms with Crippen molar-refractivity contribution in [2.75, 3.05) is 0 Å². The van der Waals surface area contributed by atoms with Crippen LogP contribution in [0.3, 0.4) is 0 Å². The number of nitriles is 1. The van der Waals surface area contributed by atoms with Gasteiger partial charge in [0.15, 0.2) is 0 Å². The maximum Gasteiger partial charge on any atom is 0.316 e. The van der Waals surface area contributed by atoms with Gasteiger partial charge < -0.3 is 5.11 Å². The average molecular weight is 239 g/mol. The highest BCUT2D eigenvalue weighted by Crippen LogP contribution is 2.21. The summed E-state index contributed by atoms with van der Waals surface area (Å²) in [6, 6.07) is 5.83. The molecule has 0 saturated carbocycles. The summed E-state index contributed by atoms with van der Waals surface area (Å²) in [5.41, 5.74) is 0.909. The van der Waals surface area contributed by atoms with E-state index in [0.29, 0.717) is 16.9 Å². The highest BCUT2D eigenvalue weighted by molar-refractivity contribution is 7.99. The van der Waals surface area contributed by atoms with Crippen molar-refractivity contribution >= 4 is 17.7 Å². The quantitative estimate of drug-likeness (QED) is 0.876. The Hall–Kier alpha value is -1.54. The first kappa shape index (κ1) is 12.5. The monoisotopic (exact) mass is 239 g/mol. The highest BCUT2D eigenvalue weighted by atomic mass is 32.2. The van der Waals surface area contributed by atoms with Crippen LogP contribution in [0.1, 0.15) is 18.1 Å². The number of benzene rings is 1. The average Bonchev–Trinajstić information content (AvgIpc) is 2.25. The summed E-state index contributed by atoms with van der Waals surface area (Å²) in [5, 5.41) is 16.9. The van der Waals surface area contributed by atoms with E-state index in [9.17, 15) is 9.18 Å². The van der Waals surface area contributed by atoms with Crippen molar-refractivity contribution in [3.05, 3.63) is 35.1 Å². The number of halogens is 1. The minimum Gasteiger partial charge on any atom is -0.480 e. The molecule has 1 aromatic carbocycles. The van der Waals surface area contributed by atoms with Gasteiger partial charge in [0.2, 0.25) is 0 Å². The predicted octanol–water partition coefficient (Wildman–Crippen LogP) is 2.40. The van der Waals surface area contributed by atoms with Gasteiger partial charge in [-0.15, -0.1) is 11.8 Å². The van der Waals surface area contributed by atoms with Crippen LogP contribution in [0.4, 0.5) is 4.39 Å². The molecule has 0 aliphatic heterocycles. The van der Waals surface area contributed by atoms with Gasteiger partial charge in [0.1, 0.15) is 5.82 Å². The number of hydrogen-bond donors (Lipinski definition) is 1. The van der Waals surface area contributed by atoms with E-state index < -0.39 is 17.0 Å². The van der Waals surface area contributed by atoms with Crippen molar-refractivity contribution in [1.29, 1.82) is 5.26 Å².